The first-order valence-electron chi connectivity index (χ1n) is 6.17. The summed E-state index contributed by atoms with van der Waals surface area (Å²) >= 11 is 0. The fourth-order valence-corrected chi connectivity index (χ4v) is 2.23. The molecule has 1 saturated carbocycles. The summed E-state index contributed by atoms with van der Waals surface area (Å²) in [5, 5.41) is 0. The highest BCUT2D eigenvalue weighted by molar-refractivity contribution is 5.05. The first kappa shape index (κ1) is 12.0. The number of nitrogens with zero attached hydrogens (tertiary/aromatic N) is 1. The van der Waals surface area contributed by atoms with E-state index >= 15 is 0 Å². The maximum atomic E-state index is 5.89. The first-order chi connectivity index (χ1) is 6.70. The third-order valence-corrected chi connectivity index (χ3v) is 3.69. The molecule has 0 amide bonds. The van der Waals surface area contributed by atoms with Crippen molar-refractivity contribution in [3.8, 4) is 0 Å². The van der Waals surface area contributed by atoms with Crippen molar-refractivity contribution in [3.63, 3.8) is 0 Å². The van der Waals surface area contributed by atoms with Crippen LogP contribution in [-0.2, 0) is 0 Å². The van der Waals surface area contributed by atoms with Crippen LogP contribution in [0.3, 0.4) is 0 Å². The molecule has 0 saturated heterocycles. The van der Waals surface area contributed by atoms with Crippen molar-refractivity contribution in [1.82, 2.24) is 4.90 Å². The second-order valence-corrected chi connectivity index (χ2v) is 4.73. The third-order valence-electron chi connectivity index (χ3n) is 3.69. The molecule has 2 N–H and O–H groups in total. The molecule has 1 aliphatic carbocycles. The number of unbranched alkanes of at least 4 members (excludes halogenated alkanes) is 1. The predicted octanol–water partition coefficient (Wildman–Crippen LogP) is 2.38. The SMILES string of the molecule is CCCCN(C(C)CC)C1(CN)CC1. The van der Waals surface area contributed by atoms with Crippen LogP contribution in [0.2, 0.25) is 0 Å². The molecule has 0 aliphatic heterocycles. The lowest BCUT2D eigenvalue weighted by atomic mass is 10.1. The molecule has 0 aromatic carbocycles. The Kier molecular flexibility index (Phi) is 4.39. The molecule has 0 aromatic rings. The van der Waals surface area contributed by atoms with Gasteiger partial charge in [-0.25, -0.2) is 0 Å². The smallest absolute Gasteiger partial charge is 0.0335 e. The Bertz CT molecular complexity index is 164. The molecular formula is C12H26N2. The molecule has 0 spiro atoms. The largest absolute Gasteiger partial charge is 0.329 e. The van der Waals surface area contributed by atoms with E-state index in [1.165, 1.54) is 38.6 Å². The molecule has 84 valence electrons. The van der Waals surface area contributed by atoms with Crippen molar-refractivity contribution >= 4 is 0 Å². The zero-order chi connectivity index (χ0) is 10.6. The molecule has 0 aromatic heterocycles. The van der Waals surface area contributed by atoms with E-state index in [9.17, 15) is 0 Å². The van der Waals surface area contributed by atoms with E-state index in [1.807, 2.05) is 0 Å². The van der Waals surface area contributed by atoms with Gasteiger partial charge in [-0.1, -0.05) is 20.3 Å². The number of rotatable bonds is 7. The molecule has 0 radical (unpaired) electrons. The van der Waals surface area contributed by atoms with Crippen molar-refractivity contribution < 1.29 is 0 Å². The fraction of sp³-hybridized carbons (Fsp3) is 1.00. The minimum Gasteiger partial charge on any atom is -0.329 e. The molecule has 1 unspecified atom stereocenters. The Labute approximate surface area is 88.8 Å². The van der Waals surface area contributed by atoms with Gasteiger partial charge in [-0.05, 0) is 39.2 Å². The fourth-order valence-electron chi connectivity index (χ4n) is 2.23. The van der Waals surface area contributed by atoms with Crippen molar-refractivity contribution in [2.45, 2.75) is 64.5 Å². The summed E-state index contributed by atoms with van der Waals surface area (Å²) in [5.74, 6) is 0. The summed E-state index contributed by atoms with van der Waals surface area (Å²) in [6, 6.07) is 0.701. The van der Waals surface area contributed by atoms with Gasteiger partial charge in [0.15, 0.2) is 0 Å². The maximum absolute atomic E-state index is 5.89. The van der Waals surface area contributed by atoms with Gasteiger partial charge in [0.05, 0.1) is 0 Å². The van der Waals surface area contributed by atoms with Crippen LogP contribution < -0.4 is 5.73 Å². The average Bonchev–Trinajstić information content (AvgIpc) is 2.99. The van der Waals surface area contributed by atoms with Gasteiger partial charge in [0, 0.05) is 18.1 Å². The highest BCUT2D eigenvalue weighted by atomic mass is 15.3. The van der Waals surface area contributed by atoms with E-state index in [0.29, 0.717) is 11.6 Å². The van der Waals surface area contributed by atoms with Crippen LogP contribution >= 0.6 is 0 Å². The molecule has 2 heteroatoms. The third kappa shape index (κ3) is 2.48. The van der Waals surface area contributed by atoms with Crippen LogP contribution in [0, 0.1) is 0 Å². The van der Waals surface area contributed by atoms with E-state index < -0.39 is 0 Å². The second-order valence-electron chi connectivity index (χ2n) is 4.73. The lowest BCUT2D eigenvalue weighted by Gasteiger charge is -2.36. The molecule has 14 heavy (non-hydrogen) atoms. The van der Waals surface area contributed by atoms with E-state index in [4.69, 9.17) is 5.73 Å². The number of hydrogen-bond donors (Lipinski definition) is 1. The van der Waals surface area contributed by atoms with Crippen LogP contribution in [0.15, 0.2) is 0 Å². The van der Waals surface area contributed by atoms with Gasteiger partial charge in [-0.3, -0.25) is 4.90 Å². The monoisotopic (exact) mass is 198 g/mol. The molecule has 1 fully saturated rings. The average molecular weight is 198 g/mol. The molecule has 2 nitrogen and oxygen atoms in total. The normalized spacial score (nSPS) is 21.2. The Hall–Kier alpha value is -0.0800. The molecular weight excluding hydrogens is 172 g/mol. The summed E-state index contributed by atoms with van der Waals surface area (Å²) < 4.78 is 0. The number of nitrogens with two attached hydrogens (primary N) is 1. The standard InChI is InChI=1S/C12H26N2/c1-4-6-9-14(11(3)5-2)12(10-13)7-8-12/h11H,4-10,13H2,1-3H3. The quantitative estimate of drug-likeness (QED) is 0.680. The van der Waals surface area contributed by atoms with Crippen LogP contribution in [0.4, 0.5) is 0 Å². The summed E-state index contributed by atoms with van der Waals surface area (Å²) in [5.41, 5.74) is 6.29. The lowest BCUT2D eigenvalue weighted by Crippen LogP contribution is -2.48. The Morgan fingerprint density at radius 1 is 1.36 bits per heavy atom. The highest BCUT2D eigenvalue weighted by Gasteiger charge is 2.47. The van der Waals surface area contributed by atoms with Gasteiger partial charge in [-0.15, -0.1) is 0 Å². The molecule has 1 aliphatic rings. The van der Waals surface area contributed by atoms with E-state index in [2.05, 4.69) is 25.7 Å². The van der Waals surface area contributed by atoms with E-state index in [1.54, 1.807) is 0 Å². The van der Waals surface area contributed by atoms with Crippen molar-refractivity contribution in [3.05, 3.63) is 0 Å². The summed E-state index contributed by atoms with van der Waals surface area (Å²) in [7, 11) is 0. The molecule has 1 rings (SSSR count). The molecule has 0 bridgehead atoms. The van der Waals surface area contributed by atoms with Crippen molar-refractivity contribution in [1.29, 1.82) is 0 Å². The minimum atomic E-state index is 0.393. The van der Waals surface area contributed by atoms with Crippen molar-refractivity contribution in [2.75, 3.05) is 13.1 Å². The predicted molar refractivity (Wildman–Crippen MR) is 62.4 cm³/mol. The van der Waals surface area contributed by atoms with Gasteiger partial charge in [-0.2, -0.15) is 0 Å². The Balaban J connectivity index is 2.52. The summed E-state index contributed by atoms with van der Waals surface area (Å²) in [6.07, 6.45) is 6.47. The van der Waals surface area contributed by atoms with Crippen LogP contribution in [0.5, 0.6) is 0 Å². The maximum Gasteiger partial charge on any atom is 0.0335 e. The van der Waals surface area contributed by atoms with Gasteiger partial charge in [0.1, 0.15) is 0 Å². The number of hydrogen-bond acceptors (Lipinski definition) is 2. The van der Waals surface area contributed by atoms with Gasteiger partial charge in [0.2, 0.25) is 0 Å². The first-order valence-corrected chi connectivity index (χ1v) is 6.17. The molecule has 0 heterocycles. The summed E-state index contributed by atoms with van der Waals surface area (Å²) in [6.45, 7) is 8.96. The van der Waals surface area contributed by atoms with Gasteiger partial charge >= 0.3 is 0 Å². The Morgan fingerprint density at radius 3 is 2.36 bits per heavy atom. The molecule has 1 atom stereocenters. The topological polar surface area (TPSA) is 29.3 Å². The van der Waals surface area contributed by atoms with Gasteiger partial charge in [0.25, 0.3) is 0 Å². The van der Waals surface area contributed by atoms with Crippen molar-refractivity contribution in [2.24, 2.45) is 5.73 Å². The van der Waals surface area contributed by atoms with Crippen LogP contribution in [0.25, 0.3) is 0 Å². The lowest BCUT2D eigenvalue weighted by molar-refractivity contribution is 0.124. The van der Waals surface area contributed by atoms with Crippen LogP contribution in [0.1, 0.15) is 52.9 Å². The van der Waals surface area contributed by atoms with E-state index in [0.717, 1.165) is 6.54 Å². The van der Waals surface area contributed by atoms with Crippen LogP contribution in [-0.4, -0.2) is 29.6 Å². The Morgan fingerprint density at radius 2 is 2.00 bits per heavy atom. The second kappa shape index (κ2) is 5.13. The minimum absolute atomic E-state index is 0.393. The highest BCUT2D eigenvalue weighted by Crippen LogP contribution is 2.42. The summed E-state index contributed by atoms with van der Waals surface area (Å²) in [4.78, 5) is 2.66. The zero-order valence-electron chi connectivity index (χ0n) is 10.1. The van der Waals surface area contributed by atoms with E-state index in [-0.39, 0.29) is 0 Å². The zero-order valence-corrected chi connectivity index (χ0v) is 10.1. The van der Waals surface area contributed by atoms with Gasteiger partial charge < -0.3 is 5.73 Å².